The van der Waals surface area contributed by atoms with Crippen molar-refractivity contribution in [1.29, 1.82) is 0 Å². The van der Waals surface area contributed by atoms with Gasteiger partial charge in [-0.25, -0.2) is 9.97 Å². The molecule has 1 aliphatic rings. The van der Waals surface area contributed by atoms with Crippen LogP contribution in [0.4, 0.5) is 5.82 Å². The van der Waals surface area contributed by atoms with Crippen LogP contribution < -0.4 is 5.32 Å². The van der Waals surface area contributed by atoms with E-state index < -0.39 is 0 Å². The number of H-pyrrole nitrogens is 1. The molecule has 92 valence electrons. The number of nitrogens with zero attached hydrogens (tertiary/aromatic N) is 2. The van der Waals surface area contributed by atoms with Crippen LogP contribution in [0.15, 0.2) is 30.7 Å². The van der Waals surface area contributed by atoms with Gasteiger partial charge in [0.1, 0.15) is 5.82 Å². The van der Waals surface area contributed by atoms with Crippen LogP contribution >= 0.6 is 0 Å². The maximum atomic E-state index is 12.1. The van der Waals surface area contributed by atoms with Crippen LogP contribution in [0, 0.1) is 5.92 Å². The lowest BCUT2D eigenvalue weighted by Gasteiger charge is -2.20. The van der Waals surface area contributed by atoms with E-state index >= 15 is 0 Å². The van der Waals surface area contributed by atoms with Crippen molar-refractivity contribution >= 4 is 11.7 Å². The number of hydrogen-bond acceptors (Lipinski definition) is 3. The molecule has 1 amide bonds. The number of carbonyl (C=O) groups excluding carboxylic acids is 1. The van der Waals surface area contributed by atoms with Crippen LogP contribution in [0.5, 0.6) is 0 Å². The molecule has 0 aromatic carbocycles. The fourth-order valence-corrected chi connectivity index (χ4v) is 2.29. The predicted molar refractivity (Wildman–Crippen MR) is 67.0 cm³/mol. The lowest BCUT2D eigenvalue weighted by molar-refractivity contribution is -0.120. The third-order valence-corrected chi connectivity index (χ3v) is 3.27. The lowest BCUT2D eigenvalue weighted by Crippen LogP contribution is -2.28. The second kappa shape index (κ2) is 4.60. The molecule has 3 rings (SSSR count). The van der Waals surface area contributed by atoms with Gasteiger partial charge in [-0.3, -0.25) is 4.79 Å². The summed E-state index contributed by atoms with van der Waals surface area (Å²) in [7, 11) is 0. The minimum atomic E-state index is -0.0000406. The molecule has 0 spiro atoms. The Bertz CT molecular complexity index is 549. The van der Waals surface area contributed by atoms with Crippen molar-refractivity contribution in [3.63, 3.8) is 0 Å². The first kappa shape index (κ1) is 11.0. The number of amides is 1. The summed E-state index contributed by atoms with van der Waals surface area (Å²) in [6.45, 7) is 0. The normalized spacial score (nSPS) is 18.1. The summed E-state index contributed by atoms with van der Waals surface area (Å²) in [6, 6.07) is 5.48. The van der Waals surface area contributed by atoms with Gasteiger partial charge in [-0.15, -0.1) is 0 Å². The maximum Gasteiger partial charge on any atom is 0.229 e. The zero-order valence-electron chi connectivity index (χ0n) is 9.89. The average molecular weight is 242 g/mol. The first-order valence-corrected chi connectivity index (χ1v) is 6.06. The van der Waals surface area contributed by atoms with Gasteiger partial charge < -0.3 is 10.3 Å². The van der Waals surface area contributed by atoms with E-state index in [-0.39, 0.29) is 11.8 Å². The number of rotatable bonds is 2. The Hall–Kier alpha value is -2.17. The molecule has 0 saturated carbocycles. The summed E-state index contributed by atoms with van der Waals surface area (Å²) in [4.78, 5) is 23.5. The van der Waals surface area contributed by atoms with Crippen molar-refractivity contribution in [2.45, 2.75) is 19.3 Å². The first-order chi connectivity index (χ1) is 8.83. The van der Waals surface area contributed by atoms with Gasteiger partial charge in [0.2, 0.25) is 5.91 Å². The van der Waals surface area contributed by atoms with Gasteiger partial charge >= 0.3 is 0 Å². The van der Waals surface area contributed by atoms with E-state index in [0.717, 1.165) is 30.7 Å². The van der Waals surface area contributed by atoms with Crippen molar-refractivity contribution in [2.24, 2.45) is 5.92 Å². The van der Waals surface area contributed by atoms with Crippen LogP contribution in [0.1, 0.15) is 17.8 Å². The van der Waals surface area contributed by atoms with Crippen LogP contribution in [0.2, 0.25) is 0 Å². The summed E-state index contributed by atoms with van der Waals surface area (Å²) in [5.74, 6) is 0.645. The van der Waals surface area contributed by atoms with Crippen LogP contribution in [-0.2, 0) is 17.6 Å². The third kappa shape index (κ3) is 2.11. The highest BCUT2D eigenvalue weighted by molar-refractivity contribution is 5.91. The van der Waals surface area contributed by atoms with E-state index in [0.29, 0.717) is 5.82 Å². The summed E-state index contributed by atoms with van der Waals surface area (Å²) < 4.78 is 0. The third-order valence-electron chi connectivity index (χ3n) is 3.27. The number of aromatic nitrogens is 3. The monoisotopic (exact) mass is 242 g/mol. The second-order valence-electron chi connectivity index (χ2n) is 4.47. The topological polar surface area (TPSA) is 70.7 Å². The Balaban J connectivity index is 1.68. The summed E-state index contributed by atoms with van der Waals surface area (Å²) in [6.07, 6.45) is 5.80. The molecule has 1 aliphatic carbocycles. The highest BCUT2D eigenvalue weighted by Crippen LogP contribution is 2.23. The highest BCUT2D eigenvalue weighted by Gasteiger charge is 2.26. The highest BCUT2D eigenvalue weighted by atomic mass is 16.1. The van der Waals surface area contributed by atoms with Crippen LogP contribution in [-0.4, -0.2) is 20.9 Å². The maximum absolute atomic E-state index is 12.1. The van der Waals surface area contributed by atoms with E-state index in [9.17, 15) is 4.79 Å². The number of aryl methyl sites for hydroxylation is 1. The van der Waals surface area contributed by atoms with E-state index in [1.165, 1.54) is 0 Å². The van der Waals surface area contributed by atoms with Crippen LogP contribution in [0.25, 0.3) is 0 Å². The number of aromatic amines is 1. The molecule has 1 atom stereocenters. The number of hydrogen-bond donors (Lipinski definition) is 2. The molecule has 0 fully saturated rings. The van der Waals surface area contributed by atoms with E-state index in [2.05, 4.69) is 20.3 Å². The SMILES string of the molecule is O=C(Nc1ccccn1)[C@H]1CCc2nc[nH]c2C1. The largest absolute Gasteiger partial charge is 0.348 e. The molecule has 5 nitrogen and oxygen atoms in total. The number of anilines is 1. The van der Waals surface area contributed by atoms with Crippen LogP contribution in [0.3, 0.4) is 0 Å². The minimum absolute atomic E-state index is 0.0000406. The molecule has 0 aliphatic heterocycles. The Morgan fingerprint density at radius 3 is 3.17 bits per heavy atom. The second-order valence-corrected chi connectivity index (χ2v) is 4.47. The van der Waals surface area contributed by atoms with Gasteiger partial charge in [0.05, 0.1) is 12.0 Å². The van der Waals surface area contributed by atoms with E-state index in [4.69, 9.17) is 0 Å². The van der Waals surface area contributed by atoms with Crippen molar-refractivity contribution in [2.75, 3.05) is 5.32 Å². The zero-order chi connectivity index (χ0) is 12.4. The first-order valence-electron chi connectivity index (χ1n) is 6.06. The Morgan fingerprint density at radius 1 is 1.39 bits per heavy atom. The Labute approximate surface area is 105 Å². The van der Waals surface area contributed by atoms with Crippen molar-refractivity contribution in [3.8, 4) is 0 Å². The van der Waals surface area contributed by atoms with Gasteiger partial charge in [-0.2, -0.15) is 0 Å². The van der Waals surface area contributed by atoms with Crippen molar-refractivity contribution < 1.29 is 4.79 Å². The van der Waals surface area contributed by atoms with Gasteiger partial charge in [-0.05, 0) is 25.0 Å². The zero-order valence-corrected chi connectivity index (χ0v) is 9.89. The summed E-state index contributed by atoms with van der Waals surface area (Å²) in [5.41, 5.74) is 2.18. The van der Waals surface area contributed by atoms with E-state index in [1.54, 1.807) is 18.6 Å². The number of carbonyl (C=O) groups is 1. The van der Waals surface area contributed by atoms with Gasteiger partial charge in [-0.1, -0.05) is 6.07 Å². The molecule has 2 aromatic rings. The molecule has 2 heterocycles. The fraction of sp³-hybridized carbons (Fsp3) is 0.308. The number of pyridine rings is 1. The van der Waals surface area contributed by atoms with Gasteiger partial charge in [0.25, 0.3) is 0 Å². The molecule has 18 heavy (non-hydrogen) atoms. The van der Waals surface area contributed by atoms with Crippen molar-refractivity contribution in [1.82, 2.24) is 15.0 Å². The van der Waals surface area contributed by atoms with E-state index in [1.807, 2.05) is 12.1 Å². The number of nitrogens with one attached hydrogen (secondary N) is 2. The lowest BCUT2D eigenvalue weighted by atomic mass is 9.89. The predicted octanol–water partition coefficient (Wildman–Crippen LogP) is 1.55. The molecular weight excluding hydrogens is 228 g/mol. The van der Waals surface area contributed by atoms with Crippen molar-refractivity contribution in [3.05, 3.63) is 42.1 Å². The fourth-order valence-electron chi connectivity index (χ4n) is 2.29. The molecule has 2 N–H and O–H groups in total. The molecule has 5 heteroatoms. The summed E-state index contributed by atoms with van der Waals surface area (Å²) in [5, 5.41) is 2.85. The minimum Gasteiger partial charge on any atom is -0.348 e. The van der Waals surface area contributed by atoms with Gasteiger partial charge in [0.15, 0.2) is 0 Å². The number of imidazole rings is 1. The quantitative estimate of drug-likeness (QED) is 0.839. The molecular formula is C13H14N4O. The average Bonchev–Trinajstić information content (AvgIpc) is 2.87. The molecule has 0 saturated heterocycles. The van der Waals surface area contributed by atoms with Gasteiger partial charge in [0, 0.05) is 24.2 Å². The standard InChI is InChI=1S/C13H14N4O/c18-13(17-12-3-1-2-6-14-12)9-4-5-10-11(7-9)16-8-15-10/h1-3,6,8-9H,4-5,7H2,(H,15,16)(H,14,17,18)/t9-/m0/s1. The molecule has 2 aromatic heterocycles. The smallest absolute Gasteiger partial charge is 0.229 e. The Morgan fingerprint density at radius 2 is 2.33 bits per heavy atom. The Kier molecular flexibility index (Phi) is 2.80. The molecule has 0 bridgehead atoms. The summed E-state index contributed by atoms with van der Waals surface area (Å²) >= 11 is 0. The number of fused-ring (bicyclic) bond motifs is 1. The molecule has 0 radical (unpaired) electrons. The molecule has 0 unspecified atom stereocenters.